The molecule has 1 aromatic carbocycles. The molecule has 1 saturated heterocycles. The number of nitrogens with two attached hydrogens (primary N) is 1. The molecule has 1 saturated carbocycles. The van der Waals surface area contributed by atoms with Crippen molar-refractivity contribution < 1.29 is 4.79 Å². The van der Waals surface area contributed by atoms with E-state index in [9.17, 15) is 4.79 Å². The van der Waals surface area contributed by atoms with Gasteiger partial charge in [0.25, 0.3) is 5.91 Å². The van der Waals surface area contributed by atoms with E-state index in [2.05, 4.69) is 9.97 Å². The quantitative estimate of drug-likeness (QED) is 0.932. The second-order valence-corrected chi connectivity index (χ2v) is 6.04. The van der Waals surface area contributed by atoms with Gasteiger partial charge in [0.05, 0.1) is 0 Å². The number of fused-ring (bicyclic) bond motifs is 1. The van der Waals surface area contributed by atoms with Crippen molar-refractivity contribution in [3.63, 3.8) is 0 Å². The molecule has 2 aliphatic rings. The highest BCUT2D eigenvalue weighted by Crippen LogP contribution is 2.49. The lowest BCUT2D eigenvalue weighted by molar-refractivity contribution is 0.0707. The molecule has 2 N–H and O–H groups in total. The Labute approximate surface area is 129 Å². The van der Waals surface area contributed by atoms with Gasteiger partial charge >= 0.3 is 0 Å². The second kappa shape index (κ2) is 5.18. The van der Waals surface area contributed by atoms with Crippen LogP contribution in [0.15, 0.2) is 42.7 Å². The molecule has 3 atom stereocenters. The number of nitrogens with zero attached hydrogens (tertiary/aromatic N) is 3. The van der Waals surface area contributed by atoms with E-state index in [0.29, 0.717) is 29.8 Å². The lowest BCUT2D eigenvalue weighted by Crippen LogP contribution is -2.43. The summed E-state index contributed by atoms with van der Waals surface area (Å²) in [7, 11) is 0. The highest BCUT2D eigenvalue weighted by molar-refractivity contribution is 5.98. The van der Waals surface area contributed by atoms with Crippen LogP contribution in [0.1, 0.15) is 16.9 Å². The summed E-state index contributed by atoms with van der Waals surface area (Å²) in [6.45, 7) is 1.32. The number of carbonyl (C=O) groups is 1. The van der Waals surface area contributed by atoms with Gasteiger partial charge in [-0.2, -0.15) is 0 Å². The molecular weight excluding hydrogens is 276 g/mol. The first kappa shape index (κ1) is 13.4. The average molecular weight is 294 g/mol. The molecule has 2 fully saturated rings. The van der Waals surface area contributed by atoms with Gasteiger partial charge < -0.3 is 10.6 Å². The number of benzene rings is 1. The maximum Gasteiger partial charge on any atom is 0.275 e. The van der Waals surface area contributed by atoms with Gasteiger partial charge in [-0.3, -0.25) is 9.78 Å². The SMILES string of the molecule is NC[C@@H]1[C@H]2C[C@H]2CN1C(=O)c1nccnc1-c1ccccc1. The normalized spacial score (nSPS) is 25.9. The minimum absolute atomic E-state index is 0.0467. The highest BCUT2D eigenvalue weighted by atomic mass is 16.2. The standard InChI is InChI=1S/C17H18N4O/c18-9-14-13-8-12(13)10-21(14)17(22)16-15(19-6-7-20-16)11-4-2-1-3-5-11/h1-7,12-14H,8-10,18H2/t12-,13-,14+/m0/s1. The molecule has 1 aliphatic heterocycles. The second-order valence-electron chi connectivity index (χ2n) is 6.04. The van der Waals surface area contributed by atoms with Gasteiger partial charge in [-0.05, 0) is 18.3 Å². The van der Waals surface area contributed by atoms with Gasteiger partial charge in [-0.1, -0.05) is 30.3 Å². The van der Waals surface area contributed by atoms with Crippen LogP contribution in [0.25, 0.3) is 11.3 Å². The maximum atomic E-state index is 12.9. The topological polar surface area (TPSA) is 72.1 Å². The number of carbonyl (C=O) groups excluding carboxylic acids is 1. The van der Waals surface area contributed by atoms with E-state index in [-0.39, 0.29) is 11.9 Å². The summed E-state index contributed by atoms with van der Waals surface area (Å²) in [5.74, 6) is 1.18. The zero-order valence-corrected chi connectivity index (χ0v) is 12.2. The van der Waals surface area contributed by atoms with Crippen LogP contribution < -0.4 is 5.73 Å². The first-order chi connectivity index (χ1) is 10.8. The first-order valence-electron chi connectivity index (χ1n) is 7.67. The van der Waals surface area contributed by atoms with Crippen LogP contribution in [0.5, 0.6) is 0 Å². The zero-order chi connectivity index (χ0) is 15.1. The molecule has 0 radical (unpaired) electrons. The minimum atomic E-state index is -0.0467. The molecule has 0 spiro atoms. The van der Waals surface area contributed by atoms with E-state index < -0.39 is 0 Å². The van der Waals surface area contributed by atoms with Crippen LogP contribution in [0.2, 0.25) is 0 Å². The van der Waals surface area contributed by atoms with Gasteiger partial charge in [0.1, 0.15) is 5.69 Å². The Hall–Kier alpha value is -2.27. The van der Waals surface area contributed by atoms with Crippen LogP contribution in [0.3, 0.4) is 0 Å². The molecule has 1 aromatic heterocycles. The number of piperidine rings is 1. The van der Waals surface area contributed by atoms with Gasteiger partial charge in [0.2, 0.25) is 0 Å². The molecule has 5 nitrogen and oxygen atoms in total. The fourth-order valence-electron chi connectivity index (χ4n) is 3.54. The van der Waals surface area contributed by atoms with E-state index in [1.165, 1.54) is 6.42 Å². The van der Waals surface area contributed by atoms with E-state index in [1.807, 2.05) is 35.2 Å². The third kappa shape index (κ3) is 2.09. The summed E-state index contributed by atoms with van der Waals surface area (Å²) in [5.41, 5.74) is 7.85. The van der Waals surface area contributed by atoms with Crippen molar-refractivity contribution in [2.75, 3.05) is 13.1 Å². The molecule has 0 unspecified atom stereocenters. The van der Waals surface area contributed by atoms with Crippen molar-refractivity contribution >= 4 is 5.91 Å². The molecule has 1 amide bonds. The largest absolute Gasteiger partial charge is 0.332 e. The van der Waals surface area contributed by atoms with Gasteiger partial charge in [-0.15, -0.1) is 0 Å². The first-order valence-corrected chi connectivity index (χ1v) is 7.67. The Morgan fingerprint density at radius 3 is 2.77 bits per heavy atom. The summed E-state index contributed by atoms with van der Waals surface area (Å²) < 4.78 is 0. The number of hydrogen-bond acceptors (Lipinski definition) is 4. The van der Waals surface area contributed by atoms with Crippen molar-refractivity contribution in [3.8, 4) is 11.3 Å². The Morgan fingerprint density at radius 2 is 2.00 bits per heavy atom. The molecule has 112 valence electrons. The summed E-state index contributed by atoms with van der Waals surface area (Å²) in [4.78, 5) is 23.5. The molecular formula is C17H18N4O. The van der Waals surface area contributed by atoms with Gasteiger partial charge in [-0.25, -0.2) is 4.98 Å². The van der Waals surface area contributed by atoms with Crippen molar-refractivity contribution in [2.45, 2.75) is 12.5 Å². The molecule has 2 aromatic rings. The summed E-state index contributed by atoms with van der Waals surface area (Å²) in [6.07, 6.45) is 4.41. The average Bonchev–Trinajstić information content (AvgIpc) is 3.26. The fourth-order valence-corrected chi connectivity index (χ4v) is 3.54. The van der Waals surface area contributed by atoms with Crippen LogP contribution in [-0.4, -0.2) is 39.9 Å². The van der Waals surface area contributed by atoms with Crippen LogP contribution in [0, 0.1) is 11.8 Å². The van der Waals surface area contributed by atoms with Gasteiger partial charge in [0, 0.05) is 37.1 Å². The van der Waals surface area contributed by atoms with E-state index >= 15 is 0 Å². The molecule has 4 rings (SSSR count). The van der Waals surface area contributed by atoms with E-state index in [0.717, 1.165) is 12.1 Å². The third-order valence-corrected chi connectivity index (χ3v) is 4.75. The number of rotatable bonds is 3. The minimum Gasteiger partial charge on any atom is -0.332 e. The van der Waals surface area contributed by atoms with Crippen LogP contribution in [0.4, 0.5) is 0 Å². The predicted octanol–water partition coefficient (Wildman–Crippen LogP) is 1.56. The zero-order valence-electron chi connectivity index (χ0n) is 12.2. The Bertz CT molecular complexity index is 703. The summed E-state index contributed by atoms with van der Waals surface area (Å²) in [5, 5.41) is 0. The number of amides is 1. The van der Waals surface area contributed by atoms with Crippen LogP contribution in [-0.2, 0) is 0 Å². The number of likely N-dealkylation sites (tertiary alicyclic amines) is 1. The Morgan fingerprint density at radius 1 is 1.23 bits per heavy atom. The van der Waals surface area contributed by atoms with Crippen LogP contribution >= 0.6 is 0 Å². The fraction of sp³-hybridized carbons (Fsp3) is 0.353. The van der Waals surface area contributed by atoms with Crippen molar-refractivity contribution in [2.24, 2.45) is 17.6 Å². The molecule has 5 heteroatoms. The molecule has 2 heterocycles. The van der Waals surface area contributed by atoms with Crippen molar-refractivity contribution in [3.05, 3.63) is 48.4 Å². The lowest BCUT2D eigenvalue weighted by Gasteiger charge is -2.26. The molecule has 22 heavy (non-hydrogen) atoms. The van der Waals surface area contributed by atoms with Crippen molar-refractivity contribution in [1.82, 2.24) is 14.9 Å². The van der Waals surface area contributed by atoms with Gasteiger partial charge in [0.15, 0.2) is 5.69 Å². The molecule has 0 bridgehead atoms. The monoisotopic (exact) mass is 294 g/mol. The third-order valence-electron chi connectivity index (χ3n) is 4.75. The highest BCUT2D eigenvalue weighted by Gasteiger charge is 2.53. The smallest absolute Gasteiger partial charge is 0.275 e. The summed E-state index contributed by atoms with van der Waals surface area (Å²) >= 11 is 0. The van der Waals surface area contributed by atoms with E-state index in [1.54, 1.807) is 12.4 Å². The number of hydrogen-bond donors (Lipinski definition) is 1. The maximum absolute atomic E-state index is 12.9. The molecule has 1 aliphatic carbocycles. The van der Waals surface area contributed by atoms with E-state index in [4.69, 9.17) is 5.73 Å². The Kier molecular flexibility index (Phi) is 3.15. The lowest BCUT2D eigenvalue weighted by atomic mass is 10.1. The Balaban J connectivity index is 1.70. The predicted molar refractivity (Wildman–Crippen MR) is 82.9 cm³/mol. The van der Waals surface area contributed by atoms with Crippen molar-refractivity contribution in [1.29, 1.82) is 0 Å². The summed E-state index contributed by atoms with van der Waals surface area (Å²) in [6, 6.07) is 9.87. The number of aromatic nitrogens is 2.